The molecule has 3 nitrogen and oxygen atoms in total. The van der Waals surface area contributed by atoms with Crippen molar-refractivity contribution >= 4 is 23.4 Å². The minimum Gasteiger partial charge on any atom is -0.465 e. The van der Waals surface area contributed by atoms with Crippen molar-refractivity contribution < 1.29 is 14.3 Å². The second-order valence-corrected chi connectivity index (χ2v) is 9.59. The van der Waals surface area contributed by atoms with Crippen molar-refractivity contribution in [3.8, 4) is 0 Å². The number of allylic oxidation sites excluding steroid dienone is 1. The van der Waals surface area contributed by atoms with Crippen molar-refractivity contribution in [1.29, 1.82) is 0 Å². The van der Waals surface area contributed by atoms with Gasteiger partial charge in [0.15, 0.2) is 5.78 Å². The lowest BCUT2D eigenvalue weighted by Crippen LogP contribution is -2.53. The highest BCUT2D eigenvalue weighted by Gasteiger charge is 2.60. The van der Waals surface area contributed by atoms with Gasteiger partial charge in [0.25, 0.3) is 0 Å². The van der Waals surface area contributed by atoms with Gasteiger partial charge in [-0.05, 0) is 74.2 Å². The molecular weight excluding hydrogens is 336 g/mol. The summed E-state index contributed by atoms with van der Waals surface area (Å²) in [5, 5.41) is 0.121. The van der Waals surface area contributed by atoms with E-state index in [0.717, 1.165) is 44.9 Å². The maximum Gasteiger partial charge on any atom is 0.302 e. The van der Waals surface area contributed by atoms with Crippen LogP contribution in [0.4, 0.5) is 0 Å². The molecule has 25 heavy (non-hydrogen) atoms. The number of carbonyl (C=O) groups is 2. The Morgan fingerprint density at radius 3 is 2.76 bits per heavy atom. The molecule has 0 aromatic rings. The van der Waals surface area contributed by atoms with Gasteiger partial charge in [-0.1, -0.05) is 12.5 Å². The van der Waals surface area contributed by atoms with E-state index in [1.54, 1.807) is 0 Å². The Kier molecular flexibility index (Phi) is 4.30. The van der Waals surface area contributed by atoms with Crippen LogP contribution in [-0.4, -0.2) is 23.7 Å². The number of halogens is 1. The number of rotatable bonds is 2. The molecule has 0 N–H and O–H groups in total. The molecule has 0 aromatic carbocycles. The molecule has 4 heteroatoms. The standard InChI is InChI=1S/C21H29ClO3/c1-13(23)25-12-21-10-8-17-16(18(21)5-6-19(21)22)4-3-14-11-15(24)7-9-20(14,17)2/h11,16-19H,3-10,12H2,1-2H3/t16-,17+,18+,19-,20+,21-/m1/s1. The molecule has 4 aliphatic carbocycles. The van der Waals surface area contributed by atoms with Crippen molar-refractivity contribution in [1.82, 2.24) is 0 Å². The second kappa shape index (κ2) is 6.11. The number of carbonyl (C=O) groups excluding carboxylic acids is 2. The van der Waals surface area contributed by atoms with Crippen LogP contribution < -0.4 is 0 Å². The van der Waals surface area contributed by atoms with Crippen LogP contribution in [0.25, 0.3) is 0 Å². The number of ketones is 1. The SMILES string of the molecule is CC(=O)OC[C@]12CC[C@H]3[C@@H](CCC4=CC(=O)CC[C@@]43C)[C@@H]1CC[C@H]2Cl. The summed E-state index contributed by atoms with van der Waals surface area (Å²) in [5.74, 6) is 1.98. The van der Waals surface area contributed by atoms with Gasteiger partial charge in [-0.3, -0.25) is 9.59 Å². The zero-order chi connectivity index (χ0) is 17.8. The highest BCUT2D eigenvalue weighted by molar-refractivity contribution is 6.21. The fourth-order valence-corrected chi connectivity index (χ4v) is 7.27. The molecule has 3 fully saturated rings. The number of ether oxygens (including phenoxy) is 1. The van der Waals surface area contributed by atoms with E-state index in [-0.39, 0.29) is 22.2 Å². The number of fused-ring (bicyclic) bond motifs is 5. The Bertz CT molecular complexity index is 627. The van der Waals surface area contributed by atoms with Crippen molar-refractivity contribution in [2.45, 2.75) is 70.6 Å². The van der Waals surface area contributed by atoms with Gasteiger partial charge in [-0.2, -0.15) is 0 Å². The summed E-state index contributed by atoms with van der Waals surface area (Å²) in [6.45, 7) is 4.38. The maximum absolute atomic E-state index is 11.9. The predicted molar refractivity (Wildman–Crippen MR) is 97.3 cm³/mol. The zero-order valence-corrected chi connectivity index (χ0v) is 16.1. The van der Waals surface area contributed by atoms with E-state index in [4.69, 9.17) is 16.3 Å². The minimum absolute atomic E-state index is 0.0313. The maximum atomic E-state index is 11.9. The smallest absolute Gasteiger partial charge is 0.302 e. The van der Waals surface area contributed by atoms with Crippen LogP contribution >= 0.6 is 11.6 Å². The van der Waals surface area contributed by atoms with Crippen LogP contribution in [0.5, 0.6) is 0 Å². The van der Waals surface area contributed by atoms with Crippen LogP contribution in [0.3, 0.4) is 0 Å². The topological polar surface area (TPSA) is 43.4 Å². The van der Waals surface area contributed by atoms with E-state index in [0.29, 0.717) is 36.6 Å². The summed E-state index contributed by atoms with van der Waals surface area (Å²) in [6.07, 6.45) is 10.3. The van der Waals surface area contributed by atoms with Gasteiger partial charge in [0, 0.05) is 24.1 Å². The predicted octanol–water partition coefficient (Wildman–Crippen LogP) is 4.67. The van der Waals surface area contributed by atoms with Crippen molar-refractivity contribution in [3.05, 3.63) is 11.6 Å². The summed E-state index contributed by atoms with van der Waals surface area (Å²) in [7, 11) is 0. The van der Waals surface area contributed by atoms with Gasteiger partial charge in [-0.25, -0.2) is 0 Å². The van der Waals surface area contributed by atoms with E-state index < -0.39 is 0 Å². The van der Waals surface area contributed by atoms with Crippen LogP contribution in [-0.2, 0) is 14.3 Å². The summed E-state index contributed by atoms with van der Waals surface area (Å²) < 4.78 is 5.50. The highest BCUT2D eigenvalue weighted by atomic mass is 35.5. The van der Waals surface area contributed by atoms with Crippen molar-refractivity contribution in [2.24, 2.45) is 28.6 Å². The lowest BCUT2D eigenvalue weighted by atomic mass is 9.47. The van der Waals surface area contributed by atoms with Gasteiger partial charge >= 0.3 is 5.97 Å². The van der Waals surface area contributed by atoms with Crippen molar-refractivity contribution in [3.63, 3.8) is 0 Å². The zero-order valence-electron chi connectivity index (χ0n) is 15.4. The lowest BCUT2D eigenvalue weighted by molar-refractivity contribution is -0.149. The molecule has 0 aromatic heterocycles. The molecule has 138 valence electrons. The molecule has 0 heterocycles. The summed E-state index contributed by atoms with van der Waals surface area (Å²) in [4.78, 5) is 23.3. The second-order valence-electron chi connectivity index (χ2n) is 9.07. The van der Waals surface area contributed by atoms with Crippen LogP contribution in [0.15, 0.2) is 11.6 Å². The lowest BCUT2D eigenvalue weighted by Gasteiger charge is -2.58. The number of esters is 1. The van der Waals surface area contributed by atoms with Gasteiger partial charge in [-0.15, -0.1) is 11.6 Å². The molecule has 3 saturated carbocycles. The van der Waals surface area contributed by atoms with E-state index >= 15 is 0 Å². The molecule has 6 atom stereocenters. The molecule has 4 aliphatic rings. The Morgan fingerprint density at radius 1 is 1.20 bits per heavy atom. The van der Waals surface area contributed by atoms with Gasteiger partial charge in [0.05, 0.1) is 6.61 Å². The van der Waals surface area contributed by atoms with E-state index in [9.17, 15) is 9.59 Å². The van der Waals surface area contributed by atoms with Gasteiger partial charge in [0.2, 0.25) is 0 Å². The fraction of sp³-hybridized carbons (Fsp3) is 0.810. The molecule has 0 amide bonds. The van der Waals surface area contributed by atoms with Gasteiger partial charge in [0.1, 0.15) is 0 Å². The number of hydrogen-bond donors (Lipinski definition) is 0. The minimum atomic E-state index is -0.197. The average Bonchev–Trinajstić information content (AvgIpc) is 2.91. The fourth-order valence-electron chi connectivity index (χ4n) is 6.81. The highest BCUT2D eigenvalue weighted by Crippen LogP contribution is 2.66. The van der Waals surface area contributed by atoms with Crippen LogP contribution in [0.2, 0.25) is 0 Å². The monoisotopic (exact) mass is 364 g/mol. The molecule has 4 rings (SSSR count). The third-order valence-electron chi connectivity index (χ3n) is 8.12. The molecule has 0 spiro atoms. The summed E-state index contributed by atoms with van der Waals surface area (Å²) in [5.41, 5.74) is 1.56. The first-order chi connectivity index (χ1) is 11.9. The summed E-state index contributed by atoms with van der Waals surface area (Å²) >= 11 is 6.80. The molecule has 0 saturated heterocycles. The largest absolute Gasteiger partial charge is 0.465 e. The average molecular weight is 365 g/mol. The first-order valence-corrected chi connectivity index (χ1v) is 10.3. The Hall–Kier alpha value is -0.830. The Morgan fingerprint density at radius 2 is 2.00 bits per heavy atom. The van der Waals surface area contributed by atoms with Crippen molar-refractivity contribution in [2.75, 3.05) is 6.61 Å². The van der Waals surface area contributed by atoms with Gasteiger partial charge < -0.3 is 4.74 Å². The van der Waals surface area contributed by atoms with E-state index in [1.165, 1.54) is 12.5 Å². The number of hydrogen-bond acceptors (Lipinski definition) is 3. The van der Waals surface area contributed by atoms with Crippen LogP contribution in [0, 0.1) is 28.6 Å². The van der Waals surface area contributed by atoms with E-state index in [2.05, 4.69) is 6.92 Å². The molecule has 0 bridgehead atoms. The quantitative estimate of drug-likeness (QED) is 0.528. The molecule has 0 unspecified atom stereocenters. The third-order valence-corrected chi connectivity index (χ3v) is 8.77. The Labute approximate surface area is 155 Å². The molecular formula is C21H29ClO3. The summed E-state index contributed by atoms with van der Waals surface area (Å²) in [6, 6.07) is 0. The van der Waals surface area contributed by atoms with E-state index in [1.807, 2.05) is 6.08 Å². The molecule has 0 radical (unpaired) electrons. The van der Waals surface area contributed by atoms with Crippen LogP contribution in [0.1, 0.15) is 65.2 Å². The first-order valence-electron chi connectivity index (χ1n) is 9.88. The number of alkyl halides is 1. The molecule has 0 aliphatic heterocycles. The first kappa shape index (κ1) is 17.6. The third kappa shape index (κ3) is 2.60. The normalized spacial score (nSPS) is 45.9. The Balaban J connectivity index is 1.64.